The summed E-state index contributed by atoms with van der Waals surface area (Å²) in [6, 6.07) is 5.74. The average Bonchev–Trinajstić information content (AvgIpc) is 2.67. The minimum absolute atomic E-state index is 0.0612. The van der Waals surface area contributed by atoms with Crippen LogP contribution in [0.2, 0.25) is 0 Å². The van der Waals surface area contributed by atoms with Crippen LogP contribution in [0.4, 0.5) is 0 Å². The molecule has 0 aromatic heterocycles. The number of carbonyl (C=O) groups excluding carboxylic acids is 1. The molecule has 1 fully saturated rings. The first kappa shape index (κ1) is 18.1. The van der Waals surface area contributed by atoms with Gasteiger partial charge in [0.2, 0.25) is 5.91 Å². The summed E-state index contributed by atoms with van der Waals surface area (Å²) in [5, 5.41) is 3.02. The largest absolute Gasteiger partial charge is 0.497 e. The molecule has 0 saturated heterocycles. The Bertz CT molecular complexity index is 569. The van der Waals surface area contributed by atoms with Crippen LogP contribution in [0.3, 0.4) is 0 Å². The van der Waals surface area contributed by atoms with Crippen LogP contribution >= 0.6 is 0 Å². The van der Waals surface area contributed by atoms with Crippen molar-refractivity contribution in [1.29, 1.82) is 0 Å². The van der Waals surface area contributed by atoms with Gasteiger partial charge in [-0.05, 0) is 49.4 Å². The number of amides is 1. The van der Waals surface area contributed by atoms with E-state index in [1.54, 1.807) is 7.11 Å². The Kier molecular flexibility index (Phi) is 6.56. The molecule has 1 aliphatic heterocycles. The van der Waals surface area contributed by atoms with E-state index in [0.29, 0.717) is 25.7 Å². The van der Waals surface area contributed by atoms with Crippen LogP contribution in [0, 0.1) is 5.92 Å². The molecular weight excluding hydrogens is 318 g/mol. The predicted octanol–water partition coefficient (Wildman–Crippen LogP) is 3.10. The second-order valence-electron chi connectivity index (χ2n) is 6.96. The van der Waals surface area contributed by atoms with Gasteiger partial charge >= 0.3 is 0 Å². The lowest BCUT2D eigenvalue weighted by molar-refractivity contribution is -0.126. The quantitative estimate of drug-likeness (QED) is 0.770. The van der Waals surface area contributed by atoms with E-state index >= 15 is 0 Å². The van der Waals surface area contributed by atoms with Crippen LogP contribution in [-0.2, 0) is 16.0 Å². The first-order chi connectivity index (χ1) is 12.3. The fraction of sp³-hybridized carbons (Fsp3) is 0.650. The van der Waals surface area contributed by atoms with Gasteiger partial charge in [0.15, 0.2) is 0 Å². The minimum Gasteiger partial charge on any atom is -0.497 e. The van der Waals surface area contributed by atoms with Gasteiger partial charge < -0.3 is 19.5 Å². The van der Waals surface area contributed by atoms with E-state index in [1.807, 2.05) is 18.2 Å². The van der Waals surface area contributed by atoms with Gasteiger partial charge in [0.1, 0.15) is 18.1 Å². The summed E-state index contributed by atoms with van der Waals surface area (Å²) in [4.78, 5) is 12.4. The summed E-state index contributed by atoms with van der Waals surface area (Å²) in [5.74, 6) is 1.57. The zero-order valence-electron chi connectivity index (χ0n) is 15.1. The summed E-state index contributed by atoms with van der Waals surface area (Å²) in [7, 11) is 1.64. The Morgan fingerprint density at radius 1 is 1.28 bits per heavy atom. The molecule has 3 rings (SSSR count). The molecule has 0 unspecified atom stereocenters. The van der Waals surface area contributed by atoms with Gasteiger partial charge in [-0.1, -0.05) is 19.3 Å². The third-order valence-electron chi connectivity index (χ3n) is 5.07. The highest BCUT2D eigenvalue weighted by atomic mass is 16.5. The molecule has 0 bridgehead atoms. The molecular formula is C20H29NO4. The first-order valence-corrected chi connectivity index (χ1v) is 9.45. The zero-order chi connectivity index (χ0) is 17.5. The smallest absolute Gasteiger partial charge is 0.226 e. The first-order valence-electron chi connectivity index (χ1n) is 9.45. The van der Waals surface area contributed by atoms with E-state index in [4.69, 9.17) is 14.2 Å². The summed E-state index contributed by atoms with van der Waals surface area (Å²) >= 11 is 0. The van der Waals surface area contributed by atoms with Gasteiger partial charge in [0.25, 0.3) is 0 Å². The molecule has 1 saturated carbocycles. The molecule has 1 aliphatic carbocycles. The molecule has 1 aromatic rings. The third kappa shape index (κ3) is 5.11. The number of hydrogen-bond donors (Lipinski definition) is 1. The Morgan fingerprint density at radius 3 is 2.92 bits per heavy atom. The van der Waals surface area contributed by atoms with Gasteiger partial charge in [0.05, 0.1) is 19.1 Å². The van der Waals surface area contributed by atoms with Gasteiger partial charge in [-0.15, -0.1) is 0 Å². The SMILES string of the molecule is COc1ccc2c(c1)C[C@H](C(=O)NCCCOC1CCCCC1)CO2. The summed E-state index contributed by atoms with van der Waals surface area (Å²) in [6.45, 7) is 1.82. The number of carbonyl (C=O) groups is 1. The summed E-state index contributed by atoms with van der Waals surface area (Å²) < 4.78 is 16.9. The molecule has 1 amide bonds. The lowest BCUT2D eigenvalue weighted by atomic mass is 9.96. The molecule has 1 N–H and O–H groups in total. The molecule has 1 atom stereocenters. The minimum atomic E-state index is -0.140. The number of fused-ring (bicyclic) bond motifs is 1. The van der Waals surface area contributed by atoms with Crippen LogP contribution in [0.15, 0.2) is 18.2 Å². The van der Waals surface area contributed by atoms with Crippen molar-refractivity contribution in [2.75, 3.05) is 26.9 Å². The van der Waals surface area contributed by atoms with Crippen molar-refractivity contribution >= 4 is 5.91 Å². The summed E-state index contributed by atoms with van der Waals surface area (Å²) in [5.41, 5.74) is 1.03. The van der Waals surface area contributed by atoms with Crippen molar-refractivity contribution in [1.82, 2.24) is 5.32 Å². The molecule has 2 aliphatic rings. The van der Waals surface area contributed by atoms with Crippen molar-refractivity contribution in [3.05, 3.63) is 23.8 Å². The van der Waals surface area contributed by atoms with Crippen molar-refractivity contribution < 1.29 is 19.0 Å². The highest BCUT2D eigenvalue weighted by molar-refractivity contribution is 5.79. The third-order valence-corrected chi connectivity index (χ3v) is 5.07. The van der Waals surface area contributed by atoms with Gasteiger partial charge in [-0.3, -0.25) is 4.79 Å². The fourth-order valence-electron chi connectivity index (χ4n) is 3.58. The standard InChI is InChI=1S/C20H29NO4/c1-23-18-8-9-19-15(13-18)12-16(14-25-19)20(22)21-10-5-11-24-17-6-3-2-4-7-17/h8-9,13,16-17H,2-7,10-12,14H2,1H3,(H,21,22)/t16-/m0/s1. The van der Waals surface area contributed by atoms with E-state index in [2.05, 4.69) is 5.32 Å². The molecule has 5 heteroatoms. The molecule has 5 nitrogen and oxygen atoms in total. The van der Waals surface area contributed by atoms with E-state index < -0.39 is 0 Å². The second kappa shape index (κ2) is 9.09. The number of nitrogens with one attached hydrogen (secondary N) is 1. The molecule has 1 aromatic carbocycles. The normalized spacial score (nSPS) is 20.4. The van der Waals surface area contributed by atoms with Crippen LogP contribution in [0.5, 0.6) is 11.5 Å². The zero-order valence-corrected chi connectivity index (χ0v) is 15.1. The van der Waals surface area contributed by atoms with Crippen LogP contribution in [0.1, 0.15) is 44.1 Å². The maximum absolute atomic E-state index is 12.4. The van der Waals surface area contributed by atoms with E-state index in [0.717, 1.165) is 30.1 Å². The second-order valence-corrected chi connectivity index (χ2v) is 6.96. The number of rotatable bonds is 7. The van der Waals surface area contributed by atoms with Crippen molar-refractivity contribution in [2.24, 2.45) is 5.92 Å². The average molecular weight is 347 g/mol. The molecule has 0 radical (unpaired) electrons. The topological polar surface area (TPSA) is 56.8 Å². The monoisotopic (exact) mass is 347 g/mol. The van der Waals surface area contributed by atoms with Crippen molar-refractivity contribution in [3.8, 4) is 11.5 Å². The lowest BCUT2D eigenvalue weighted by Crippen LogP contribution is -2.38. The highest BCUT2D eigenvalue weighted by Gasteiger charge is 2.26. The Morgan fingerprint density at radius 2 is 2.12 bits per heavy atom. The molecule has 0 spiro atoms. The predicted molar refractivity (Wildman–Crippen MR) is 96.1 cm³/mol. The number of ether oxygens (including phenoxy) is 3. The van der Waals surface area contributed by atoms with Crippen molar-refractivity contribution in [3.63, 3.8) is 0 Å². The Hall–Kier alpha value is -1.75. The summed E-state index contributed by atoms with van der Waals surface area (Å²) in [6.07, 6.45) is 8.28. The van der Waals surface area contributed by atoms with E-state index in [9.17, 15) is 4.79 Å². The van der Waals surface area contributed by atoms with E-state index in [-0.39, 0.29) is 11.8 Å². The molecule has 138 valence electrons. The van der Waals surface area contributed by atoms with E-state index in [1.165, 1.54) is 32.1 Å². The number of benzene rings is 1. The molecule has 25 heavy (non-hydrogen) atoms. The van der Waals surface area contributed by atoms with Crippen LogP contribution < -0.4 is 14.8 Å². The van der Waals surface area contributed by atoms with Crippen LogP contribution in [-0.4, -0.2) is 38.9 Å². The Balaban J connectivity index is 1.37. The lowest BCUT2D eigenvalue weighted by Gasteiger charge is -2.25. The molecule has 1 heterocycles. The van der Waals surface area contributed by atoms with Gasteiger partial charge in [0, 0.05) is 13.2 Å². The maximum Gasteiger partial charge on any atom is 0.226 e. The van der Waals surface area contributed by atoms with Gasteiger partial charge in [-0.25, -0.2) is 0 Å². The van der Waals surface area contributed by atoms with Crippen molar-refractivity contribution in [2.45, 2.75) is 51.0 Å². The van der Waals surface area contributed by atoms with Gasteiger partial charge in [-0.2, -0.15) is 0 Å². The number of hydrogen-bond acceptors (Lipinski definition) is 4. The number of methoxy groups -OCH3 is 1. The Labute approximate surface area is 150 Å². The van der Waals surface area contributed by atoms with Crippen LogP contribution in [0.25, 0.3) is 0 Å². The fourth-order valence-corrected chi connectivity index (χ4v) is 3.58. The highest BCUT2D eigenvalue weighted by Crippen LogP contribution is 2.30. The maximum atomic E-state index is 12.4.